The minimum absolute atomic E-state index is 0.119. The molecule has 1 amide bonds. The van der Waals surface area contributed by atoms with Crippen molar-refractivity contribution < 1.29 is 9.90 Å². The fourth-order valence-electron chi connectivity index (χ4n) is 0.789. The quantitative estimate of drug-likeness (QED) is 0.833. The third kappa shape index (κ3) is 3.57. The number of alkyl halides is 1. The van der Waals surface area contributed by atoms with Gasteiger partial charge < -0.3 is 10.4 Å². The molecule has 1 atom stereocenters. The molecule has 0 aliphatic carbocycles. The first-order valence-corrected chi connectivity index (χ1v) is 6.05. The van der Waals surface area contributed by atoms with Crippen molar-refractivity contribution in [2.45, 2.75) is 6.10 Å². The Kier molecular flexibility index (Phi) is 4.88. The van der Waals surface area contributed by atoms with E-state index in [1.54, 1.807) is 12.1 Å². The fraction of sp³-hybridized carbons (Fsp3) is 0.375. The van der Waals surface area contributed by atoms with Crippen LogP contribution < -0.4 is 5.32 Å². The summed E-state index contributed by atoms with van der Waals surface area (Å²) in [5, 5.41) is 11.7. The fourth-order valence-corrected chi connectivity index (χ4v) is 2.20. The highest BCUT2D eigenvalue weighted by Gasteiger charge is 2.09. The molecule has 1 heterocycles. The Balaban J connectivity index is 2.43. The highest BCUT2D eigenvalue weighted by atomic mass is 79.9. The molecule has 0 unspecified atom stereocenters. The topological polar surface area (TPSA) is 49.3 Å². The molecular weight excluding hydrogens is 290 g/mol. The zero-order chi connectivity index (χ0) is 10.6. The van der Waals surface area contributed by atoms with Crippen LogP contribution in [0.1, 0.15) is 9.67 Å². The predicted molar refractivity (Wildman–Crippen MR) is 61.1 cm³/mol. The zero-order valence-corrected chi connectivity index (χ0v) is 10.3. The second kappa shape index (κ2) is 5.70. The van der Waals surface area contributed by atoms with Crippen molar-refractivity contribution in [1.82, 2.24) is 5.32 Å². The minimum Gasteiger partial charge on any atom is -0.390 e. The number of aliphatic hydroxyl groups excluding tert-OH is 1. The molecule has 0 saturated carbocycles. The van der Waals surface area contributed by atoms with Crippen LogP contribution in [0.25, 0.3) is 0 Å². The summed E-state index contributed by atoms with van der Waals surface area (Å²) in [7, 11) is 0. The molecule has 0 saturated heterocycles. The number of carbonyl (C=O) groups excluding carboxylic acids is 1. The summed E-state index contributed by atoms with van der Waals surface area (Å²) in [5.41, 5.74) is 0. The maximum atomic E-state index is 11.4. The van der Waals surface area contributed by atoms with Gasteiger partial charge >= 0.3 is 0 Å². The van der Waals surface area contributed by atoms with E-state index < -0.39 is 6.10 Å². The first kappa shape index (κ1) is 12.0. The second-order valence-electron chi connectivity index (χ2n) is 2.62. The minimum atomic E-state index is -0.691. The molecule has 0 bridgehead atoms. The lowest BCUT2D eigenvalue weighted by Crippen LogP contribution is -2.32. The molecule has 0 aliphatic heterocycles. The summed E-state index contributed by atoms with van der Waals surface area (Å²) >= 11 is 9.99. The molecule has 0 fully saturated rings. The first-order valence-electron chi connectivity index (χ1n) is 3.91. The number of halogens is 2. The Morgan fingerprint density at radius 2 is 2.43 bits per heavy atom. The lowest BCUT2D eigenvalue weighted by Gasteiger charge is -2.07. The molecule has 0 radical (unpaired) electrons. The Morgan fingerprint density at radius 1 is 1.71 bits per heavy atom. The molecular formula is C8H9BrClNO2S. The number of hydrogen-bond acceptors (Lipinski definition) is 3. The molecule has 0 aromatic carbocycles. The summed E-state index contributed by atoms with van der Waals surface area (Å²) in [4.78, 5) is 12.0. The monoisotopic (exact) mass is 297 g/mol. The molecule has 1 aromatic heterocycles. The summed E-state index contributed by atoms with van der Waals surface area (Å²) in [5.74, 6) is -0.0705. The second-order valence-corrected chi connectivity index (χ2v) is 5.39. The van der Waals surface area contributed by atoms with E-state index in [1.807, 2.05) is 0 Å². The van der Waals surface area contributed by atoms with E-state index in [2.05, 4.69) is 21.2 Å². The van der Waals surface area contributed by atoms with Gasteiger partial charge in [0.05, 0.1) is 20.6 Å². The summed E-state index contributed by atoms with van der Waals surface area (Å²) in [6.45, 7) is 0.178. The predicted octanol–water partition coefficient (Wildman–Crippen LogP) is 1.84. The lowest BCUT2D eigenvalue weighted by atomic mass is 10.4. The maximum absolute atomic E-state index is 11.4. The van der Waals surface area contributed by atoms with Crippen molar-refractivity contribution in [3.8, 4) is 0 Å². The normalized spacial score (nSPS) is 12.5. The zero-order valence-electron chi connectivity index (χ0n) is 7.17. The standard InChI is InChI=1S/C8H9BrClNO2S/c9-7-2-1-6(14-7)8(13)11-4-5(12)3-10/h1-2,5,12H,3-4H2,(H,11,13)/t5-/m1/s1. The van der Waals surface area contributed by atoms with E-state index in [-0.39, 0.29) is 18.3 Å². The number of nitrogens with one attached hydrogen (secondary N) is 1. The van der Waals surface area contributed by atoms with E-state index in [0.29, 0.717) is 4.88 Å². The van der Waals surface area contributed by atoms with Crippen LogP contribution in [-0.4, -0.2) is 29.5 Å². The third-order valence-corrected chi connectivity index (χ3v) is 3.45. The SMILES string of the molecule is O=C(NC[C@H](O)CCl)c1ccc(Br)s1. The highest BCUT2D eigenvalue weighted by molar-refractivity contribution is 9.11. The highest BCUT2D eigenvalue weighted by Crippen LogP contribution is 2.21. The smallest absolute Gasteiger partial charge is 0.261 e. The summed E-state index contributed by atoms with van der Waals surface area (Å²) < 4.78 is 0.903. The van der Waals surface area contributed by atoms with Crippen LogP contribution in [0.2, 0.25) is 0 Å². The van der Waals surface area contributed by atoms with Crippen molar-refractivity contribution in [1.29, 1.82) is 0 Å². The molecule has 0 aliphatic rings. The number of thiophene rings is 1. The van der Waals surface area contributed by atoms with Gasteiger partial charge in [-0.1, -0.05) is 0 Å². The number of amides is 1. The van der Waals surface area contributed by atoms with Gasteiger partial charge in [-0.2, -0.15) is 0 Å². The number of carbonyl (C=O) groups is 1. The number of aliphatic hydroxyl groups is 1. The average molecular weight is 299 g/mol. The third-order valence-electron chi connectivity index (χ3n) is 1.47. The number of rotatable bonds is 4. The molecule has 0 spiro atoms. The Morgan fingerprint density at radius 3 is 2.93 bits per heavy atom. The van der Waals surface area contributed by atoms with Crippen molar-refractivity contribution in [2.24, 2.45) is 0 Å². The summed E-state index contributed by atoms with van der Waals surface area (Å²) in [6.07, 6.45) is -0.691. The van der Waals surface area contributed by atoms with Crippen molar-refractivity contribution in [2.75, 3.05) is 12.4 Å². The van der Waals surface area contributed by atoms with Crippen molar-refractivity contribution in [3.05, 3.63) is 20.8 Å². The van der Waals surface area contributed by atoms with Gasteiger partial charge in [-0.05, 0) is 28.1 Å². The maximum Gasteiger partial charge on any atom is 0.261 e. The van der Waals surface area contributed by atoms with E-state index >= 15 is 0 Å². The van der Waals surface area contributed by atoms with Crippen molar-refractivity contribution >= 4 is 44.8 Å². The van der Waals surface area contributed by atoms with Gasteiger partial charge in [0.1, 0.15) is 0 Å². The van der Waals surface area contributed by atoms with Crippen LogP contribution in [0.5, 0.6) is 0 Å². The van der Waals surface area contributed by atoms with Gasteiger partial charge in [0.15, 0.2) is 0 Å². The molecule has 1 aromatic rings. The van der Waals surface area contributed by atoms with Crippen molar-refractivity contribution in [3.63, 3.8) is 0 Å². The molecule has 1 rings (SSSR count). The number of hydrogen-bond donors (Lipinski definition) is 2. The van der Waals surface area contributed by atoms with E-state index in [4.69, 9.17) is 16.7 Å². The van der Waals surface area contributed by atoms with Crippen LogP contribution in [0.4, 0.5) is 0 Å². The average Bonchev–Trinajstić information content (AvgIpc) is 2.60. The first-order chi connectivity index (χ1) is 6.63. The van der Waals surface area contributed by atoms with Crippen LogP contribution >= 0.6 is 38.9 Å². The summed E-state index contributed by atoms with van der Waals surface area (Å²) in [6, 6.07) is 3.52. The molecule has 78 valence electrons. The van der Waals surface area contributed by atoms with Crippen LogP contribution in [0.15, 0.2) is 15.9 Å². The lowest BCUT2D eigenvalue weighted by molar-refractivity contribution is 0.0929. The van der Waals surface area contributed by atoms with Gasteiger partial charge in [0.2, 0.25) is 0 Å². The van der Waals surface area contributed by atoms with E-state index in [9.17, 15) is 4.79 Å². The Bertz CT molecular complexity index is 318. The van der Waals surface area contributed by atoms with E-state index in [0.717, 1.165) is 3.79 Å². The van der Waals surface area contributed by atoms with E-state index in [1.165, 1.54) is 11.3 Å². The molecule has 6 heteroatoms. The molecule has 2 N–H and O–H groups in total. The Hall–Kier alpha value is -0.100. The van der Waals surface area contributed by atoms with Gasteiger partial charge in [0.25, 0.3) is 5.91 Å². The molecule has 14 heavy (non-hydrogen) atoms. The van der Waals surface area contributed by atoms with Gasteiger partial charge in [-0.15, -0.1) is 22.9 Å². The Labute approximate surface area is 99.2 Å². The van der Waals surface area contributed by atoms with Gasteiger partial charge in [-0.3, -0.25) is 4.79 Å². The molecule has 3 nitrogen and oxygen atoms in total. The van der Waals surface area contributed by atoms with Crippen LogP contribution in [0, 0.1) is 0 Å². The van der Waals surface area contributed by atoms with Gasteiger partial charge in [0, 0.05) is 6.54 Å². The van der Waals surface area contributed by atoms with Crippen LogP contribution in [0.3, 0.4) is 0 Å². The largest absolute Gasteiger partial charge is 0.390 e. The van der Waals surface area contributed by atoms with Crippen LogP contribution in [-0.2, 0) is 0 Å². The van der Waals surface area contributed by atoms with Gasteiger partial charge in [-0.25, -0.2) is 0 Å².